The molecule has 0 saturated heterocycles. The standard InChI is InChI=1S/C16H32O2/c1-4-5-6-15-7-10-16(13-17,11-8-15)14(2)9-12-18-3/h14-15,17H,4-13H2,1-3H3. The fourth-order valence-corrected chi connectivity index (χ4v) is 3.44. The minimum atomic E-state index is 0.182. The molecule has 0 amide bonds. The third kappa shape index (κ3) is 4.24. The van der Waals surface area contributed by atoms with Crippen LogP contribution in [0.25, 0.3) is 0 Å². The number of aliphatic hydroxyl groups is 1. The molecule has 2 nitrogen and oxygen atoms in total. The van der Waals surface area contributed by atoms with Gasteiger partial charge in [-0.15, -0.1) is 0 Å². The number of hydrogen-bond acceptors (Lipinski definition) is 2. The second-order valence-electron chi connectivity index (χ2n) is 6.29. The van der Waals surface area contributed by atoms with Gasteiger partial charge in [0.2, 0.25) is 0 Å². The van der Waals surface area contributed by atoms with Crippen LogP contribution in [0.1, 0.15) is 65.2 Å². The fraction of sp³-hybridized carbons (Fsp3) is 1.00. The third-order valence-corrected chi connectivity index (χ3v) is 5.18. The smallest absolute Gasteiger partial charge is 0.0489 e. The maximum atomic E-state index is 9.83. The zero-order chi connectivity index (χ0) is 13.4. The molecular formula is C16H32O2. The van der Waals surface area contributed by atoms with Gasteiger partial charge in [-0.2, -0.15) is 0 Å². The minimum absolute atomic E-state index is 0.182. The van der Waals surface area contributed by atoms with Gasteiger partial charge in [-0.3, -0.25) is 0 Å². The van der Waals surface area contributed by atoms with Gasteiger partial charge in [-0.1, -0.05) is 33.1 Å². The lowest BCUT2D eigenvalue weighted by Crippen LogP contribution is -2.37. The Hall–Kier alpha value is -0.0800. The van der Waals surface area contributed by atoms with E-state index < -0.39 is 0 Å². The summed E-state index contributed by atoms with van der Waals surface area (Å²) in [5, 5.41) is 9.83. The van der Waals surface area contributed by atoms with Crippen molar-refractivity contribution in [1.82, 2.24) is 0 Å². The summed E-state index contributed by atoms with van der Waals surface area (Å²) in [7, 11) is 1.76. The zero-order valence-corrected chi connectivity index (χ0v) is 12.6. The topological polar surface area (TPSA) is 29.5 Å². The van der Waals surface area contributed by atoms with Crippen molar-refractivity contribution < 1.29 is 9.84 Å². The Balaban J connectivity index is 2.43. The van der Waals surface area contributed by atoms with Gasteiger partial charge in [-0.25, -0.2) is 0 Å². The summed E-state index contributed by atoms with van der Waals surface area (Å²) in [6.45, 7) is 5.75. The van der Waals surface area contributed by atoms with Crippen molar-refractivity contribution in [2.24, 2.45) is 17.3 Å². The Morgan fingerprint density at radius 2 is 2.00 bits per heavy atom. The van der Waals surface area contributed by atoms with Gasteiger partial charge < -0.3 is 9.84 Å². The SMILES string of the molecule is CCCCC1CCC(CO)(C(C)CCOC)CC1. The summed E-state index contributed by atoms with van der Waals surface area (Å²) in [6.07, 6.45) is 10.2. The summed E-state index contributed by atoms with van der Waals surface area (Å²) in [5.74, 6) is 1.49. The van der Waals surface area contributed by atoms with Crippen LogP contribution in [0.5, 0.6) is 0 Å². The summed E-state index contributed by atoms with van der Waals surface area (Å²) in [5.41, 5.74) is 0.182. The third-order valence-electron chi connectivity index (χ3n) is 5.18. The molecule has 0 radical (unpaired) electrons. The molecule has 1 aliphatic carbocycles. The second kappa shape index (κ2) is 8.16. The van der Waals surface area contributed by atoms with E-state index in [1.165, 1.54) is 44.9 Å². The summed E-state index contributed by atoms with van der Waals surface area (Å²) in [4.78, 5) is 0. The minimum Gasteiger partial charge on any atom is -0.396 e. The van der Waals surface area contributed by atoms with E-state index in [1.807, 2.05) is 0 Å². The first-order chi connectivity index (χ1) is 8.68. The monoisotopic (exact) mass is 256 g/mol. The van der Waals surface area contributed by atoms with Crippen molar-refractivity contribution in [3.63, 3.8) is 0 Å². The Morgan fingerprint density at radius 1 is 1.33 bits per heavy atom. The molecule has 0 heterocycles. The highest BCUT2D eigenvalue weighted by molar-refractivity contribution is 4.89. The van der Waals surface area contributed by atoms with Crippen molar-refractivity contribution in [1.29, 1.82) is 0 Å². The van der Waals surface area contributed by atoms with E-state index in [9.17, 15) is 5.11 Å². The molecule has 1 rings (SSSR count). The molecule has 0 bridgehead atoms. The molecule has 0 aromatic rings. The molecule has 0 aromatic heterocycles. The number of hydrogen-bond donors (Lipinski definition) is 1. The first-order valence-electron chi connectivity index (χ1n) is 7.78. The first-order valence-corrected chi connectivity index (χ1v) is 7.78. The molecule has 1 unspecified atom stereocenters. The average Bonchev–Trinajstić information content (AvgIpc) is 2.43. The van der Waals surface area contributed by atoms with Crippen LogP contribution >= 0.6 is 0 Å². The van der Waals surface area contributed by atoms with Crippen molar-refractivity contribution in [3.05, 3.63) is 0 Å². The molecule has 108 valence electrons. The van der Waals surface area contributed by atoms with Gasteiger partial charge in [-0.05, 0) is 49.4 Å². The van der Waals surface area contributed by atoms with E-state index in [2.05, 4.69) is 13.8 Å². The fourth-order valence-electron chi connectivity index (χ4n) is 3.44. The van der Waals surface area contributed by atoms with Crippen LogP contribution in [-0.4, -0.2) is 25.4 Å². The Labute approximate surface area is 113 Å². The number of methoxy groups -OCH3 is 1. The molecule has 1 atom stereocenters. The number of rotatable bonds is 8. The molecule has 1 N–H and O–H groups in total. The van der Waals surface area contributed by atoms with Crippen molar-refractivity contribution in [2.75, 3.05) is 20.3 Å². The van der Waals surface area contributed by atoms with Gasteiger partial charge in [0.25, 0.3) is 0 Å². The Bertz CT molecular complexity index is 207. The lowest BCUT2D eigenvalue weighted by atomic mass is 9.63. The second-order valence-corrected chi connectivity index (χ2v) is 6.29. The van der Waals surface area contributed by atoms with E-state index >= 15 is 0 Å². The highest BCUT2D eigenvalue weighted by Gasteiger charge is 2.38. The average molecular weight is 256 g/mol. The Morgan fingerprint density at radius 3 is 2.50 bits per heavy atom. The number of ether oxygens (including phenoxy) is 1. The van der Waals surface area contributed by atoms with E-state index in [-0.39, 0.29) is 5.41 Å². The van der Waals surface area contributed by atoms with Crippen LogP contribution in [-0.2, 0) is 4.74 Å². The molecule has 0 aromatic carbocycles. The van der Waals surface area contributed by atoms with E-state index in [4.69, 9.17) is 4.74 Å². The van der Waals surface area contributed by atoms with Crippen molar-refractivity contribution in [3.8, 4) is 0 Å². The first kappa shape index (κ1) is 16.0. The van der Waals surface area contributed by atoms with E-state index in [0.29, 0.717) is 12.5 Å². The maximum Gasteiger partial charge on any atom is 0.0489 e. The molecule has 18 heavy (non-hydrogen) atoms. The van der Waals surface area contributed by atoms with Gasteiger partial charge in [0, 0.05) is 20.3 Å². The zero-order valence-electron chi connectivity index (χ0n) is 12.6. The van der Waals surface area contributed by atoms with Crippen LogP contribution in [0, 0.1) is 17.3 Å². The van der Waals surface area contributed by atoms with Gasteiger partial charge in [0.1, 0.15) is 0 Å². The maximum absolute atomic E-state index is 9.83. The molecule has 2 heteroatoms. The van der Waals surface area contributed by atoms with Gasteiger partial charge in [0.15, 0.2) is 0 Å². The van der Waals surface area contributed by atoms with Gasteiger partial charge in [0.05, 0.1) is 0 Å². The lowest BCUT2D eigenvalue weighted by Gasteiger charge is -2.43. The van der Waals surface area contributed by atoms with Crippen molar-refractivity contribution in [2.45, 2.75) is 65.2 Å². The summed E-state index contributed by atoms with van der Waals surface area (Å²) in [6, 6.07) is 0. The van der Waals surface area contributed by atoms with E-state index in [0.717, 1.165) is 18.9 Å². The number of unbranched alkanes of at least 4 members (excludes halogenated alkanes) is 1. The van der Waals surface area contributed by atoms with Crippen LogP contribution in [0.15, 0.2) is 0 Å². The predicted octanol–water partition coefficient (Wildman–Crippen LogP) is 4.02. The van der Waals surface area contributed by atoms with Crippen LogP contribution < -0.4 is 0 Å². The van der Waals surface area contributed by atoms with Crippen LogP contribution in [0.4, 0.5) is 0 Å². The number of aliphatic hydroxyl groups excluding tert-OH is 1. The summed E-state index contributed by atoms with van der Waals surface area (Å²) < 4.78 is 5.19. The summed E-state index contributed by atoms with van der Waals surface area (Å²) >= 11 is 0. The molecule has 0 aliphatic heterocycles. The highest BCUT2D eigenvalue weighted by atomic mass is 16.5. The van der Waals surface area contributed by atoms with E-state index in [1.54, 1.807) is 7.11 Å². The molecular weight excluding hydrogens is 224 g/mol. The highest BCUT2D eigenvalue weighted by Crippen LogP contribution is 2.46. The molecule has 1 saturated carbocycles. The van der Waals surface area contributed by atoms with Crippen LogP contribution in [0.3, 0.4) is 0 Å². The predicted molar refractivity (Wildman–Crippen MR) is 76.7 cm³/mol. The molecule has 1 aliphatic rings. The normalized spacial score (nSPS) is 30.3. The van der Waals surface area contributed by atoms with Gasteiger partial charge >= 0.3 is 0 Å². The van der Waals surface area contributed by atoms with Crippen LogP contribution in [0.2, 0.25) is 0 Å². The molecule has 0 spiro atoms. The largest absolute Gasteiger partial charge is 0.396 e. The van der Waals surface area contributed by atoms with Crippen molar-refractivity contribution >= 4 is 0 Å². The Kier molecular flexibility index (Phi) is 7.25. The lowest BCUT2D eigenvalue weighted by molar-refractivity contribution is 0.00253. The quantitative estimate of drug-likeness (QED) is 0.711. The molecule has 1 fully saturated rings.